The van der Waals surface area contributed by atoms with E-state index in [0.717, 1.165) is 12.1 Å². The normalized spacial score (nSPS) is 11.0. The number of hydrogen-bond acceptors (Lipinski definition) is 9. The highest BCUT2D eigenvalue weighted by atomic mass is 32.1. The second kappa shape index (κ2) is 10.1. The topological polar surface area (TPSA) is 108 Å². The van der Waals surface area contributed by atoms with Gasteiger partial charge in [0.25, 0.3) is 5.91 Å². The molecule has 2 heterocycles. The molecule has 0 atom stereocenters. The number of aromatic nitrogens is 4. The van der Waals surface area contributed by atoms with E-state index < -0.39 is 0 Å². The minimum Gasteiger partial charge on any atom is -0.353 e. The monoisotopic (exact) mass is 426 g/mol. The van der Waals surface area contributed by atoms with Crippen molar-refractivity contribution in [1.82, 2.24) is 30.2 Å². The summed E-state index contributed by atoms with van der Waals surface area (Å²) in [5, 5.41) is 9.72. The lowest BCUT2D eigenvalue weighted by atomic mass is 10.2. The SMILES string of the molecule is CC(C)NC(=O)c1cnc(Nc2nc(NCCN(C)C)nc(-c3ccccc3)n2)s1. The van der Waals surface area contributed by atoms with Crippen molar-refractivity contribution >= 4 is 34.3 Å². The van der Waals surface area contributed by atoms with Crippen LogP contribution in [0, 0.1) is 0 Å². The van der Waals surface area contributed by atoms with Crippen LogP contribution in [0.2, 0.25) is 0 Å². The average molecular weight is 427 g/mol. The van der Waals surface area contributed by atoms with Crippen molar-refractivity contribution in [1.29, 1.82) is 0 Å². The van der Waals surface area contributed by atoms with E-state index in [2.05, 4.69) is 40.8 Å². The van der Waals surface area contributed by atoms with Gasteiger partial charge in [-0.1, -0.05) is 41.7 Å². The average Bonchev–Trinajstić information content (AvgIpc) is 3.16. The number of carbonyl (C=O) groups is 1. The molecule has 0 unspecified atom stereocenters. The number of carbonyl (C=O) groups excluding carboxylic acids is 1. The predicted octanol–water partition coefficient (Wildman–Crippen LogP) is 2.85. The van der Waals surface area contributed by atoms with Gasteiger partial charge in [-0.15, -0.1) is 0 Å². The van der Waals surface area contributed by atoms with Crippen molar-refractivity contribution in [2.75, 3.05) is 37.8 Å². The number of nitrogens with one attached hydrogen (secondary N) is 3. The fraction of sp³-hybridized carbons (Fsp3) is 0.350. The van der Waals surface area contributed by atoms with Gasteiger partial charge in [-0.2, -0.15) is 15.0 Å². The van der Waals surface area contributed by atoms with Crippen LogP contribution in [-0.2, 0) is 0 Å². The van der Waals surface area contributed by atoms with Crippen molar-refractivity contribution in [2.24, 2.45) is 0 Å². The van der Waals surface area contributed by atoms with E-state index >= 15 is 0 Å². The number of hydrogen-bond donors (Lipinski definition) is 3. The first-order valence-corrected chi connectivity index (χ1v) is 10.5. The van der Waals surface area contributed by atoms with E-state index in [1.807, 2.05) is 58.3 Å². The Labute approximate surface area is 180 Å². The third-order valence-corrected chi connectivity index (χ3v) is 4.79. The van der Waals surface area contributed by atoms with Crippen LogP contribution in [0.4, 0.5) is 17.0 Å². The first kappa shape index (κ1) is 21.6. The number of benzene rings is 1. The van der Waals surface area contributed by atoms with E-state index in [0.29, 0.717) is 34.3 Å². The van der Waals surface area contributed by atoms with E-state index in [1.54, 1.807) is 6.20 Å². The number of nitrogens with zero attached hydrogens (tertiary/aromatic N) is 5. The molecule has 0 aliphatic rings. The molecular formula is C20H26N8OS. The molecule has 9 nitrogen and oxygen atoms in total. The van der Waals surface area contributed by atoms with Gasteiger partial charge >= 0.3 is 0 Å². The van der Waals surface area contributed by atoms with Crippen LogP contribution in [0.25, 0.3) is 11.4 Å². The Balaban J connectivity index is 1.82. The number of thiazole rings is 1. The van der Waals surface area contributed by atoms with Crippen molar-refractivity contribution in [2.45, 2.75) is 19.9 Å². The van der Waals surface area contributed by atoms with Gasteiger partial charge in [0.15, 0.2) is 11.0 Å². The Morgan fingerprint density at radius 3 is 2.53 bits per heavy atom. The summed E-state index contributed by atoms with van der Waals surface area (Å²) in [6.45, 7) is 5.37. The lowest BCUT2D eigenvalue weighted by molar-refractivity contribution is 0.0947. The van der Waals surface area contributed by atoms with Gasteiger partial charge in [0.1, 0.15) is 4.88 Å². The summed E-state index contributed by atoms with van der Waals surface area (Å²) in [6.07, 6.45) is 1.54. The molecule has 30 heavy (non-hydrogen) atoms. The van der Waals surface area contributed by atoms with E-state index in [4.69, 9.17) is 0 Å². The smallest absolute Gasteiger partial charge is 0.263 e. The Morgan fingerprint density at radius 2 is 1.83 bits per heavy atom. The molecule has 3 aromatic rings. The highest BCUT2D eigenvalue weighted by molar-refractivity contribution is 7.17. The van der Waals surface area contributed by atoms with Crippen LogP contribution in [-0.4, -0.2) is 64.0 Å². The standard InChI is InChI=1S/C20H26N8OS/c1-13(2)23-17(29)15-12-22-20(30-15)27-19-25-16(14-8-6-5-7-9-14)24-18(26-19)21-10-11-28(3)4/h5-9,12-13H,10-11H2,1-4H3,(H,23,29)(H2,21,22,24,25,26,27). The highest BCUT2D eigenvalue weighted by Gasteiger charge is 2.14. The highest BCUT2D eigenvalue weighted by Crippen LogP contribution is 2.23. The lowest BCUT2D eigenvalue weighted by Gasteiger charge is -2.12. The molecule has 10 heteroatoms. The molecule has 0 aliphatic heterocycles. The summed E-state index contributed by atoms with van der Waals surface area (Å²) in [5.74, 6) is 1.24. The van der Waals surface area contributed by atoms with Crippen LogP contribution in [0.3, 0.4) is 0 Å². The van der Waals surface area contributed by atoms with Crippen molar-refractivity contribution in [3.05, 3.63) is 41.4 Å². The number of likely N-dealkylation sites (N-methyl/N-ethyl adjacent to an activating group) is 1. The quantitative estimate of drug-likeness (QED) is 0.479. The molecule has 1 amide bonds. The molecule has 0 saturated carbocycles. The third-order valence-electron chi connectivity index (χ3n) is 3.88. The van der Waals surface area contributed by atoms with Crippen LogP contribution >= 0.6 is 11.3 Å². The van der Waals surface area contributed by atoms with Gasteiger partial charge in [-0.05, 0) is 27.9 Å². The zero-order valence-corrected chi connectivity index (χ0v) is 18.3. The molecule has 2 aromatic heterocycles. The summed E-state index contributed by atoms with van der Waals surface area (Å²) >= 11 is 1.25. The fourth-order valence-electron chi connectivity index (χ4n) is 2.48. The zero-order chi connectivity index (χ0) is 21.5. The Kier molecular flexibility index (Phi) is 7.26. The van der Waals surface area contributed by atoms with Crippen molar-refractivity contribution < 1.29 is 4.79 Å². The second-order valence-corrected chi connectivity index (χ2v) is 8.22. The van der Waals surface area contributed by atoms with Gasteiger partial charge < -0.3 is 15.5 Å². The summed E-state index contributed by atoms with van der Waals surface area (Å²) in [5.41, 5.74) is 0.884. The molecule has 0 fully saturated rings. The van der Waals surface area contributed by atoms with Crippen LogP contribution in [0.1, 0.15) is 23.5 Å². The van der Waals surface area contributed by atoms with Gasteiger partial charge in [0, 0.05) is 24.7 Å². The van der Waals surface area contributed by atoms with Gasteiger partial charge in [0.2, 0.25) is 11.9 Å². The Bertz CT molecular complexity index is 974. The molecule has 0 saturated heterocycles. The van der Waals surface area contributed by atoms with Gasteiger partial charge in [0.05, 0.1) is 6.20 Å². The number of amides is 1. The second-order valence-electron chi connectivity index (χ2n) is 7.19. The minimum absolute atomic E-state index is 0.0590. The summed E-state index contributed by atoms with van der Waals surface area (Å²) < 4.78 is 0. The number of anilines is 3. The molecule has 3 rings (SSSR count). The maximum atomic E-state index is 12.2. The van der Waals surface area contributed by atoms with E-state index in [1.165, 1.54) is 11.3 Å². The molecule has 0 radical (unpaired) electrons. The van der Waals surface area contributed by atoms with Gasteiger partial charge in [-0.3, -0.25) is 10.1 Å². The summed E-state index contributed by atoms with van der Waals surface area (Å²) in [6, 6.07) is 9.77. The third kappa shape index (κ3) is 6.19. The first-order valence-electron chi connectivity index (χ1n) is 9.64. The minimum atomic E-state index is -0.151. The molecule has 0 spiro atoms. The maximum Gasteiger partial charge on any atom is 0.263 e. The lowest BCUT2D eigenvalue weighted by Crippen LogP contribution is -2.29. The Hall–Kier alpha value is -3.11. The van der Waals surface area contributed by atoms with Crippen molar-refractivity contribution in [3.63, 3.8) is 0 Å². The molecule has 0 bridgehead atoms. The summed E-state index contributed by atoms with van der Waals surface area (Å²) in [7, 11) is 4.01. The van der Waals surface area contributed by atoms with Crippen LogP contribution in [0.5, 0.6) is 0 Å². The molecule has 1 aromatic carbocycles. The van der Waals surface area contributed by atoms with Crippen LogP contribution < -0.4 is 16.0 Å². The summed E-state index contributed by atoms with van der Waals surface area (Å²) in [4.78, 5) is 32.6. The maximum absolute atomic E-state index is 12.2. The number of rotatable bonds is 9. The zero-order valence-electron chi connectivity index (χ0n) is 17.5. The largest absolute Gasteiger partial charge is 0.353 e. The van der Waals surface area contributed by atoms with E-state index in [9.17, 15) is 4.79 Å². The van der Waals surface area contributed by atoms with Crippen molar-refractivity contribution in [3.8, 4) is 11.4 Å². The van der Waals surface area contributed by atoms with E-state index in [-0.39, 0.29) is 11.9 Å². The molecule has 0 aliphatic carbocycles. The predicted molar refractivity (Wildman–Crippen MR) is 120 cm³/mol. The Morgan fingerprint density at radius 1 is 1.10 bits per heavy atom. The van der Waals surface area contributed by atoms with Crippen LogP contribution in [0.15, 0.2) is 36.5 Å². The molecular weight excluding hydrogens is 400 g/mol. The fourth-order valence-corrected chi connectivity index (χ4v) is 3.20. The first-order chi connectivity index (χ1) is 14.4. The molecule has 3 N–H and O–H groups in total. The van der Waals surface area contributed by atoms with Gasteiger partial charge in [-0.25, -0.2) is 4.98 Å². The molecule has 158 valence electrons.